The summed E-state index contributed by atoms with van der Waals surface area (Å²) in [6.45, 7) is 0. The van der Waals surface area contributed by atoms with Gasteiger partial charge < -0.3 is 0 Å². The zero-order valence-electron chi connectivity index (χ0n) is 9.91. The first-order valence-electron chi connectivity index (χ1n) is 5.42. The molecule has 7 nitrogen and oxygen atoms in total. The van der Waals surface area contributed by atoms with Gasteiger partial charge in [0, 0.05) is 18.6 Å². The Morgan fingerprint density at radius 2 is 1.84 bits per heavy atom. The van der Waals surface area contributed by atoms with Crippen LogP contribution in [0.25, 0.3) is 0 Å². The van der Waals surface area contributed by atoms with Crippen molar-refractivity contribution in [3.05, 3.63) is 39.9 Å². The summed E-state index contributed by atoms with van der Waals surface area (Å²) in [5, 5.41) is 16.9. The first-order chi connectivity index (χ1) is 9.08. The number of rotatable bonds is 2. The number of imide groups is 1. The Bertz CT molecular complexity index is 489. The molecule has 1 aromatic rings. The molecule has 1 aliphatic heterocycles. The molecule has 1 fully saturated rings. The molecule has 1 atom stereocenters. The van der Waals surface area contributed by atoms with Crippen LogP contribution in [-0.2, 0) is 9.59 Å². The van der Waals surface area contributed by atoms with Gasteiger partial charge in [-0.1, -0.05) is 12.1 Å². The van der Waals surface area contributed by atoms with Gasteiger partial charge in [-0.2, -0.15) is 0 Å². The number of nitrogens with zero attached hydrogens (tertiary/aromatic N) is 1. The van der Waals surface area contributed by atoms with Gasteiger partial charge in [0.2, 0.25) is 11.8 Å². The van der Waals surface area contributed by atoms with Crippen molar-refractivity contribution in [2.45, 2.75) is 18.8 Å². The molecule has 2 amide bonds. The number of nitro benzene ring substituents is 1. The maximum atomic E-state index is 11.6. The van der Waals surface area contributed by atoms with Crippen molar-refractivity contribution in [1.29, 1.82) is 0 Å². The van der Waals surface area contributed by atoms with Crippen LogP contribution in [0.15, 0.2) is 24.3 Å². The number of nitrogens with two attached hydrogens (primary N) is 1. The van der Waals surface area contributed by atoms with Gasteiger partial charge in [-0.3, -0.25) is 30.2 Å². The van der Waals surface area contributed by atoms with E-state index in [4.69, 9.17) is 0 Å². The van der Waals surface area contributed by atoms with Crippen LogP contribution < -0.4 is 10.5 Å². The van der Waals surface area contributed by atoms with Crippen LogP contribution in [0.5, 0.6) is 0 Å². The fourth-order valence-electron chi connectivity index (χ4n) is 1.84. The van der Waals surface area contributed by atoms with Crippen LogP contribution in [0.3, 0.4) is 0 Å². The van der Waals surface area contributed by atoms with Crippen LogP contribution >= 0.6 is 12.8 Å². The van der Waals surface area contributed by atoms with Crippen molar-refractivity contribution in [2.24, 2.45) is 5.14 Å². The van der Waals surface area contributed by atoms with E-state index in [0.29, 0.717) is 18.4 Å². The van der Waals surface area contributed by atoms with Crippen LogP contribution in [0.2, 0.25) is 0 Å². The molecule has 1 saturated heterocycles. The molecule has 1 unspecified atom stereocenters. The predicted molar refractivity (Wildman–Crippen MR) is 71.4 cm³/mol. The SMILES string of the molecule is NS.O=C1CCC(c2ccc([N+](=O)[O-])cc2)C(=O)N1. The Balaban J connectivity index is 0.000000861. The summed E-state index contributed by atoms with van der Waals surface area (Å²) in [6, 6.07) is 5.83. The van der Waals surface area contributed by atoms with Gasteiger partial charge in [0.15, 0.2) is 0 Å². The number of hydrogen-bond donors (Lipinski definition) is 3. The third kappa shape index (κ3) is 3.76. The lowest BCUT2D eigenvalue weighted by Gasteiger charge is -2.20. The van der Waals surface area contributed by atoms with E-state index in [1.54, 1.807) is 12.1 Å². The second kappa shape index (κ2) is 6.86. The maximum absolute atomic E-state index is 11.6. The quantitative estimate of drug-likeness (QED) is 0.323. The molecule has 3 N–H and O–H groups in total. The number of thiol groups is 1. The number of nitro groups is 1. The molecule has 0 aromatic heterocycles. The average Bonchev–Trinajstić information content (AvgIpc) is 2.41. The fraction of sp³-hybridized carbons (Fsp3) is 0.273. The molecule has 102 valence electrons. The van der Waals surface area contributed by atoms with E-state index in [1.807, 2.05) is 0 Å². The number of amides is 2. The monoisotopic (exact) mass is 283 g/mol. The van der Waals surface area contributed by atoms with Gasteiger partial charge in [0.05, 0.1) is 10.8 Å². The molecule has 1 aliphatic rings. The summed E-state index contributed by atoms with van der Waals surface area (Å²) in [4.78, 5) is 32.5. The molecule has 0 saturated carbocycles. The second-order valence-corrected chi connectivity index (χ2v) is 3.85. The van der Waals surface area contributed by atoms with Crippen molar-refractivity contribution in [3.63, 3.8) is 0 Å². The van der Waals surface area contributed by atoms with E-state index in [0.717, 1.165) is 0 Å². The normalized spacial score (nSPS) is 18.1. The number of nitrogens with one attached hydrogen (secondary N) is 1. The van der Waals surface area contributed by atoms with Crippen molar-refractivity contribution in [2.75, 3.05) is 0 Å². The van der Waals surface area contributed by atoms with E-state index in [9.17, 15) is 19.7 Å². The lowest BCUT2D eigenvalue weighted by Crippen LogP contribution is -2.39. The molecule has 0 radical (unpaired) electrons. The minimum absolute atomic E-state index is 0.0129. The fourth-order valence-corrected chi connectivity index (χ4v) is 1.84. The standard InChI is InChI=1S/C11H10N2O4.H3NS/c14-10-6-5-9(11(15)12-10)7-1-3-8(4-2-7)13(16)17;1-2/h1-4,9H,5-6H2,(H,12,14,15);2H,1H2. The summed E-state index contributed by atoms with van der Waals surface area (Å²) >= 11 is 3.03. The number of hydrogen-bond acceptors (Lipinski definition) is 6. The third-order valence-corrected chi connectivity index (χ3v) is 2.75. The van der Waals surface area contributed by atoms with Crippen molar-refractivity contribution < 1.29 is 14.5 Å². The summed E-state index contributed by atoms with van der Waals surface area (Å²) in [5.74, 6) is -1.00. The Kier molecular flexibility index (Phi) is 5.46. The molecule has 1 aromatic carbocycles. The van der Waals surface area contributed by atoms with Gasteiger partial charge >= 0.3 is 0 Å². The number of non-ortho nitro benzene ring substituents is 1. The Labute approximate surface area is 114 Å². The lowest BCUT2D eigenvalue weighted by molar-refractivity contribution is -0.384. The smallest absolute Gasteiger partial charge is 0.269 e. The molecule has 1 heterocycles. The predicted octanol–water partition coefficient (Wildman–Crippen LogP) is 0.905. The third-order valence-electron chi connectivity index (χ3n) is 2.75. The number of benzene rings is 1. The molecule has 0 aliphatic carbocycles. The lowest BCUT2D eigenvalue weighted by atomic mass is 9.90. The highest BCUT2D eigenvalue weighted by Gasteiger charge is 2.27. The zero-order chi connectivity index (χ0) is 14.4. The highest BCUT2D eigenvalue weighted by Crippen LogP contribution is 2.26. The van der Waals surface area contributed by atoms with E-state index < -0.39 is 10.8 Å². The first-order valence-corrected chi connectivity index (χ1v) is 5.93. The van der Waals surface area contributed by atoms with Gasteiger partial charge in [-0.15, -0.1) is 12.8 Å². The van der Waals surface area contributed by atoms with Crippen LogP contribution in [0.1, 0.15) is 24.3 Å². The minimum Gasteiger partial charge on any atom is -0.296 e. The van der Waals surface area contributed by atoms with Crippen molar-refractivity contribution >= 4 is 30.3 Å². The summed E-state index contributed by atoms with van der Waals surface area (Å²) in [6.07, 6.45) is 0.746. The van der Waals surface area contributed by atoms with E-state index in [1.165, 1.54) is 12.1 Å². The Hall–Kier alpha value is -1.93. The highest BCUT2D eigenvalue weighted by molar-refractivity contribution is 7.77. The van der Waals surface area contributed by atoms with Crippen LogP contribution in [-0.4, -0.2) is 16.7 Å². The number of piperidine rings is 1. The summed E-state index contributed by atoms with van der Waals surface area (Å²) < 4.78 is 0. The minimum atomic E-state index is -0.492. The van der Waals surface area contributed by atoms with Crippen molar-refractivity contribution in [1.82, 2.24) is 5.32 Å². The molecule has 0 spiro atoms. The van der Waals surface area contributed by atoms with E-state index >= 15 is 0 Å². The Morgan fingerprint density at radius 1 is 1.26 bits per heavy atom. The van der Waals surface area contributed by atoms with Crippen LogP contribution in [0.4, 0.5) is 5.69 Å². The van der Waals surface area contributed by atoms with E-state index in [2.05, 4.69) is 23.3 Å². The molecule has 0 bridgehead atoms. The molecule has 19 heavy (non-hydrogen) atoms. The summed E-state index contributed by atoms with van der Waals surface area (Å²) in [7, 11) is 0. The molecular weight excluding hydrogens is 270 g/mol. The van der Waals surface area contributed by atoms with Crippen molar-refractivity contribution in [3.8, 4) is 0 Å². The van der Waals surface area contributed by atoms with Gasteiger partial charge in [-0.25, -0.2) is 0 Å². The molecule has 8 heteroatoms. The highest BCUT2D eigenvalue weighted by atomic mass is 32.1. The largest absolute Gasteiger partial charge is 0.296 e. The number of carbonyl (C=O) groups excluding carboxylic acids is 2. The van der Waals surface area contributed by atoms with Gasteiger partial charge in [0.25, 0.3) is 5.69 Å². The molecule has 2 rings (SSSR count). The zero-order valence-corrected chi connectivity index (χ0v) is 10.8. The topological polar surface area (TPSA) is 115 Å². The Morgan fingerprint density at radius 3 is 2.32 bits per heavy atom. The summed E-state index contributed by atoms with van der Waals surface area (Å²) in [5.41, 5.74) is 0.682. The molecular formula is C11H13N3O4S. The van der Waals surface area contributed by atoms with E-state index in [-0.39, 0.29) is 17.5 Å². The average molecular weight is 283 g/mol. The van der Waals surface area contributed by atoms with Crippen LogP contribution in [0, 0.1) is 10.1 Å². The number of carbonyl (C=O) groups is 2. The van der Waals surface area contributed by atoms with Gasteiger partial charge in [0.1, 0.15) is 0 Å². The van der Waals surface area contributed by atoms with Gasteiger partial charge in [-0.05, 0) is 12.0 Å². The first kappa shape index (κ1) is 15.1. The maximum Gasteiger partial charge on any atom is 0.269 e. The second-order valence-electron chi connectivity index (χ2n) is 3.85.